The number of aromatic nitrogens is 1. The number of ether oxygens (including phenoxy) is 1. The molecule has 0 fully saturated rings. The molecular weight excluding hydrogens is 246 g/mol. The van der Waals surface area contributed by atoms with Gasteiger partial charge in [-0.1, -0.05) is 11.3 Å². The van der Waals surface area contributed by atoms with Gasteiger partial charge in [0.15, 0.2) is 0 Å². The van der Waals surface area contributed by atoms with Crippen molar-refractivity contribution in [3.05, 3.63) is 29.5 Å². The fraction of sp³-hybridized carbons (Fsp3) is 0.308. The van der Waals surface area contributed by atoms with Crippen molar-refractivity contribution in [2.24, 2.45) is 5.84 Å². The van der Waals surface area contributed by atoms with Gasteiger partial charge in [-0.2, -0.15) is 0 Å². The lowest BCUT2D eigenvalue weighted by Crippen LogP contribution is -2.07. The molecule has 1 aliphatic heterocycles. The van der Waals surface area contributed by atoms with E-state index in [1.807, 2.05) is 13.0 Å². The van der Waals surface area contributed by atoms with E-state index < -0.39 is 0 Å². The van der Waals surface area contributed by atoms with Crippen molar-refractivity contribution in [1.29, 1.82) is 0 Å². The maximum Gasteiger partial charge on any atom is 0.126 e. The number of nitrogens with one attached hydrogen (secondary N) is 1. The van der Waals surface area contributed by atoms with Crippen LogP contribution in [0, 0.1) is 6.92 Å². The first-order chi connectivity index (χ1) is 8.78. The van der Waals surface area contributed by atoms with Crippen LogP contribution in [-0.4, -0.2) is 11.6 Å². The Kier molecular flexibility index (Phi) is 2.93. The van der Waals surface area contributed by atoms with Crippen LogP contribution in [0.15, 0.2) is 18.2 Å². The van der Waals surface area contributed by atoms with Gasteiger partial charge in [0.25, 0.3) is 0 Å². The maximum atomic E-state index is 5.62. The summed E-state index contributed by atoms with van der Waals surface area (Å²) in [6.07, 6.45) is 2.17. The molecule has 1 aliphatic rings. The molecule has 4 nitrogen and oxygen atoms in total. The first-order valence-electron chi connectivity index (χ1n) is 5.98. The summed E-state index contributed by atoms with van der Waals surface area (Å²) in [6.45, 7) is 2.78. The molecule has 1 aromatic carbocycles. The smallest absolute Gasteiger partial charge is 0.126 e. The van der Waals surface area contributed by atoms with Gasteiger partial charge in [0.1, 0.15) is 15.8 Å². The number of rotatable bonds is 2. The minimum Gasteiger partial charge on any atom is -0.493 e. The summed E-state index contributed by atoms with van der Waals surface area (Å²) < 4.78 is 5.62. The zero-order chi connectivity index (χ0) is 12.5. The number of benzene rings is 1. The van der Waals surface area contributed by atoms with Gasteiger partial charge in [0.2, 0.25) is 0 Å². The Morgan fingerprint density at radius 2 is 2.33 bits per heavy atom. The average Bonchev–Trinajstić information content (AvgIpc) is 2.79. The van der Waals surface area contributed by atoms with Gasteiger partial charge < -0.3 is 10.2 Å². The Morgan fingerprint density at radius 1 is 1.44 bits per heavy atom. The average molecular weight is 261 g/mol. The Morgan fingerprint density at radius 3 is 3.11 bits per heavy atom. The van der Waals surface area contributed by atoms with E-state index in [-0.39, 0.29) is 0 Å². The number of nitrogens with zero attached hydrogens (tertiary/aromatic N) is 1. The van der Waals surface area contributed by atoms with Crippen LogP contribution in [0.3, 0.4) is 0 Å². The van der Waals surface area contributed by atoms with Crippen molar-refractivity contribution in [3.8, 4) is 16.3 Å². The number of aryl methyl sites for hydroxylation is 2. The number of hydrogen-bond acceptors (Lipinski definition) is 5. The molecule has 0 atom stereocenters. The maximum absolute atomic E-state index is 5.62. The second-order valence-electron chi connectivity index (χ2n) is 4.35. The highest BCUT2D eigenvalue weighted by Crippen LogP contribution is 2.34. The third-order valence-corrected chi connectivity index (χ3v) is 4.22. The minimum absolute atomic E-state index is 0.823. The van der Waals surface area contributed by atoms with Crippen molar-refractivity contribution < 1.29 is 4.74 Å². The molecule has 1 aromatic heterocycles. The van der Waals surface area contributed by atoms with E-state index in [1.54, 1.807) is 11.3 Å². The monoisotopic (exact) mass is 261 g/mol. The van der Waals surface area contributed by atoms with Gasteiger partial charge in [0.05, 0.1) is 12.3 Å². The molecule has 0 unspecified atom stereocenters. The SMILES string of the molecule is Cc1nc(-c2ccc3c(c2)CCCO3)sc1NN. The number of nitrogen functional groups attached to an aromatic ring is 1. The van der Waals surface area contributed by atoms with E-state index in [4.69, 9.17) is 10.6 Å². The van der Waals surface area contributed by atoms with Crippen molar-refractivity contribution in [3.63, 3.8) is 0 Å². The molecule has 0 saturated carbocycles. The third-order valence-electron chi connectivity index (χ3n) is 3.08. The number of hydrazine groups is 1. The Bertz CT molecular complexity index is 580. The molecule has 0 aliphatic carbocycles. The predicted molar refractivity (Wildman–Crippen MR) is 73.9 cm³/mol. The summed E-state index contributed by atoms with van der Waals surface area (Å²) in [4.78, 5) is 4.54. The molecule has 0 amide bonds. The second kappa shape index (κ2) is 4.59. The van der Waals surface area contributed by atoms with E-state index in [2.05, 4.69) is 22.5 Å². The highest BCUT2D eigenvalue weighted by atomic mass is 32.1. The fourth-order valence-corrected chi connectivity index (χ4v) is 3.02. The topological polar surface area (TPSA) is 60.2 Å². The van der Waals surface area contributed by atoms with Crippen LogP contribution in [0.2, 0.25) is 0 Å². The number of anilines is 1. The predicted octanol–water partition coefficient (Wildman–Crippen LogP) is 2.73. The van der Waals surface area contributed by atoms with Crippen LogP contribution in [0.4, 0.5) is 5.00 Å². The minimum atomic E-state index is 0.823. The van der Waals surface area contributed by atoms with E-state index in [0.717, 1.165) is 46.5 Å². The summed E-state index contributed by atoms with van der Waals surface area (Å²) in [5.41, 5.74) is 6.02. The molecule has 2 aromatic rings. The summed E-state index contributed by atoms with van der Waals surface area (Å²) in [6, 6.07) is 6.27. The van der Waals surface area contributed by atoms with Crippen LogP contribution >= 0.6 is 11.3 Å². The molecule has 3 N–H and O–H groups in total. The number of hydrogen-bond donors (Lipinski definition) is 2. The largest absolute Gasteiger partial charge is 0.493 e. The van der Waals surface area contributed by atoms with Crippen molar-refractivity contribution in [1.82, 2.24) is 4.98 Å². The van der Waals surface area contributed by atoms with Crippen molar-refractivity contribution >= 4 is 16.3 Å². The third kappa shape index (κ3) is 1.95. The Balaban J connectivity index is 2.00. The molecule has 3 rings (SSSR count). The van der Waals surface area contributed by atoms with E-state index in [0.29, 0.717) is 0 Å². The van der Waals surface area contributed by atoms with Gasteiger partial charge in [-0.15, -0.1) is 0 Å². The zero-order valence-corrected chi connectivity index (χ0v) is 11.0. The van der Waals surface area contributed by atoms with Gasteiger partial charge >= 0.3 is 0 Å². The lowest BCUT2D eigenvalue weighted by molar-refractivity contribution is 0.288. The Labute approximate surface area is 110 Å². The number of nitrogens with two attached hydrogens (primary N) is 1. The van der Waals surface area contributed by atoms with Crippen molar-refractivity contribution in [2.75, 3.05) is 12.0 Å². The molecule has 18 heavy (non-hydrogen) atoms. The summed E-state index contributed by atoms with van der Waals surface area (Å²) >= 11 is 1.58. The van der Waals surface area contributed by atoms with Crippen LogP contribution < -0.4 is 16.0 Å². The molecular formula is C13H15N3OS. The summed E-state index contributed by atoms with van der Waals surface area (Å²) in [7, 11) is 0. The van der Waals surface area contributed by atoms with E-state index >= 15 is 0 Å². The van der Waals surface area contributed by atoms with Gasteiger partial charge in [0, 0.05) is 5.56 Å². The Hall–Kier alpha value is -1.59. The van der Waals surface area contributed by atoms with Crippen LogP contribution in [0.25, 0.3) is 10.6 Å². The fourth-order valence-electron chi connectivity index (χ4n) is 2.15. The summed E-state index contributed by atoms with van der Waals surface area (Å²) in [5, 5.41) is 1.91. The highest BCUT2D eigenvalue weighted by molar-refractivity contribution is 7.19. The van der Waals surface area contributed by atoms with Crippen LogP contribution in [-0.2, 0) is 6.42 Å². The van der Waals surface area contributed by atoms with E-state index in [1.165, 1.54) is 5.56 Å². The normalized spacial score (nSPS) is 13.9. The second-order valence-corrected chi connectivity index (χ2v) is 5.35. The van der Waals surface area contributed by atoms with E-state index in [9.17, 15) is 0 Å². The molecule has 94 valence electrons. The van der Waals surface area contributed by atoms with Crippen LogP contribution in [0.5, 0.6) is 5.75 Å². The van der Waals surface area contributed by atoms with Gasteiger partial charge in [-0.05, 0) is 43.5 Å². The molecule has 0 saturated heterocycles. The standard InChI is InChI=1S/C13H15N3OS/c1-8-12(16-14)18-13(15-8)10-4-5-11-9(7-10)3-2-6-17-11/h4-5,7,16H,2-3,6,14H2,1H3. The molecule has 0 spiro atoms. The zero-order valence-electron chi connectivity index (χ0n) is 10.2. The van der Waals surface area contributed by atoms with Crippen LogP contribution in [0.1, 0.15) is 17.7 Å². The molecule has 2 heterocycles. The lowest BCUT2D eigenvalue weighted by atomic mass is 10.0. The summed E-state index contributed by atoms with van der Waals surface area (Å²) in [5.74, 6) is 6.46. The molecule has 0 bridgehead atoms. The van der Waals surface area contributed by atoms with Crippen molar-refractivity contribution in [2.45, 2.75) is 19.8 Å². The first-order valence-corrected chi connectivity index (χ1v) is 6.80. The highest BCUT2D eigenvalue weighted by Gasteiger charge is 2.13. The van der Waals surface area contributed by atoms with Gasteiger partial charge in [-0.25, -0.2) is 10.8 Å². The lowest BCUT2D eigenvalue weighted by Gasteiger charge is -2.17. The number of thiazole rings is 1. The van der Waals surface area contributed by atoms with Gasteiger partial charge in [-0.3, -0.25) is 0 Å². The molecule has 5 heteroatoms. The first kappa shape index (κ1) is 11.5. The molecule has 0 radical (unpaired) electrons. The quantitative estimate of drug-likeness (QED) is 0.644. The number of fused-ring (bicyclic) bond motifs is 1.